The fourth-order valence-corrected chi connectivity index (χ4v) is 6.81. The minimum absolute atomic E-state index is 0.114. The van der Waals surface area contributed by atoms with Crippen molar-refractivity contribution in [3.8, 4) is 5.75 Å². The fourth-order valence-electron chi connectivity index (χ4n) is 5.70. The first kappa shape index (κ1) is 28.4. The molecule has 0 saturated heterocycles. The van der Waals surface area contributed by atoms with Crippen LogP contribution >= 0.6 is 22.9 Å². The summed E-state index contributed by atoms with van der Waals surface area (Å²) in [7, 11) is 0. The molecular formula is C32H36ClN3O3S. The number of phenolic OH excluding ortho intramolecular Hbond substituents is 1. The van der Waals surface area contributed by atoms with E-state index in [-0.39, 0.29) is 22.6 Å². The van der Waals surface area contributed by atoms with E-state index in [0.29, 0.717) is 18.5 Å². The molecule has 0 spiro atoms. The van der Waals surface area contributed by atoms with Crippen molar-refractivity contribution in [1.82, 2.24) is 15.2 Å². The van der Waals surface area contributed by atoms with Crippen molar-refractivity contribution < 1.29 is 9.90 Å². The number of phenols is 1. The number of H-pyrrole nitrogens is 1. The molecule has 1 aliphatic carbocycles. The maximum absolute atomic E-state index is 13.4. The highest BCUT2D eigenvalue weighted by Gasteiger charge is 2.29. The van der Waals surface area contributed by atoms with Crippen LogP contribution in [0.5, 0.6) is 5.75 Å². The average Bonchev–Trinajstić information content (AvgIpc) is 3.55. The number of rotatable bonds is 13. The summed E-state index contributed by atoms with van der Waals surface area (Å²) in [6.07, 6.45) is 6.93. The number of unbranched alkanes of at least 4 members (excludes halogenated alkanes) is 2. The van der Waals surface area contributed by atoms with Gasteiger partial charge in [-0.05, 0) is 85.5 Å². The molecule has 0 radical (unpaired) electrons. The first-order valence-electron chi connectivity index (χ1n) is 14.1. The molecular weight excluding hydrogens is 542 g/mol. The van der Waals surface area contributed by atoms with Crippen LogP contribution in [0.1, 0.15) is 47.9 Å². The summed E-state index contributed by atoms with van der Waals surface area (Å²) in [6, 6.07) is 20.2. The fraction of sp³-hybridized carbons (Fsp3) is 0.375. The van der Waals surface area contributed by atoms with Gasteiger partial charge in [-0.2, -0.15) is 0 Å². The van der Waals surface area contributed by atoms with Crippen LogP contribution in [0.15, 0.2) is 65.5 Å². The van der Waals surface area contributed by atoms with E-state index in [1.54, 1.807) is 6.07 Å². The van der Waals surface area contributed by atoms with Gasteiger partial charge in [0.2, 0.25) is 5.91 Å². The first-order valence-corrected chi connectivity index (χ1v) is 15.3. The Hall–Kier alpha value is -3.13. The van der Waals surface area contributed by atoms with Crippen LogP contribution in [-0.2, 0) is 30.5 Å². The SMILES string of the molecule is O=C(CCNCCc1cccc(Cl)c1)N(CCCCCc1ccc(O)c2[nH]c(=O)sc12)C1Cc2ccccc2C1. The van der Waals surface area contributed by atoms with Gasteiger partial charge in [0, 0.05) is 30.6 Å². The van der Waals surface area contributed by atoms with Crippen molar-refractivity contribution in [1.29, 1.82) is 0 Å². The summed E-state index contributed by atoms with van der Waals surface area (Å²) >= 11 is 7.24. The zero-order valence-electron chi connectivity index (χ0n) is 22.6. The molecule has 1 heterocycles. The monoisotopic (exact) mass is 577 g/mol. The molecule has 1 aliphatic rings. The number of halogens is 1. The number of aryl methyl sites for hydroxylation is 1. The second-order valence-corrected chi connectivity index (χ2v) is 12.0. The van der Waals surface area contributed by atoms with Crippen LogP contribution in [0.25, 0.3) is 10.2 Å². The summed E-state index contributed by atoms with van der Waals surface area (Å²) in [4.78, 5) is 29.9. The normalized spacial score (nSPS) is 13.1. The minimum Gasteiger partial charge on any atom is -0.506 e. The molecule has 8 heteroatoms. The van der Waals surface area contributed by atoms with Crippen LogP contribution in [-0.4, -0.2) is 46.6 Å². The Morgan fingerprint density at radius 3 is 2.58 bits per heavy atom. The van der Waals surface area contributed by atoms with Crippen LogP contribution in [0.3, 0.4) is 0 Å². The second-order valence-electron chi connectivity index (χ2n) is 10.6. The third-order valence-corrected chi connectivity index (χ3v) is 8.96. The topological polar surface area (TPSA) is 85.4 Å². The lowest BCUT2D eigenvalue weighted by Gasteiger charge is -2.29. The van der Waals surface area contributed by atoms with Gasteiger partial charge >= 0.3 is 4.87 Å². The van der Waals surface area contributed by atoms with Crippen molar-refractivity contribution in [2.75, 3.05) is 19.6 Å². The summed E-state index contributed by atoms with van der Waals surface area (Å²) in [6.45, 7) is 2.22. The number of hydrogen-bond donors (Lipinski definition) is 3. The molecule has 1 aromatic heterocycles. The largest absolute Gasteiger partial charge is 0.506 e. The molecule has 0 unspecified atom stereocenters. The van der Waals surface area contributed by atoms with Gasteiger partial charge in [0.1, 0.15) is 11.3 Å². The molecule has 6 nitrogen and oxygen atoms in total. The van der Waals surface area contributed by atoms with Gasteiger partial charge in [-0.25, -0.2) is 0 Å². The van der Waals surface area contributed by atoms with E-state index >= 15 is 0 Å². The van der Waals surface area contributed by atoms with E-state index in [2.05, 4.69) is 45.5 Å². The Kier molecular flexibility index (Phi) is 9.57. The van der Waals surface area contributed by atoms with E-state index in [0.717, 1.165) is 84.7 Å². The van der Waals surface area contributed by atoms with Crippen LogP contribution < -0.4 is 10.2 Å². The summed E-state index contributed by atoms with van der Waals surface area (Å²) in [5.41, 5.74) is 5.51. The Labute approximate surface area is 244 Å². The minimum atomic E-state index is -0.150. The average molecular weight is 578 g/mol. The van der Waals surface area contributed by atoms with Gasteiger partial charge in [-0.1, -0.05) is 71.8 Å². The van der Waals surface area contributed by atoms with Gasteiger partial charge in [-0.15, -0.1) is 0 Å². The third kappa shape index (κ3) is 7.14. The number of fused-ring (bicyclic) bond motifs is 2. The van der Waals surface area contributed by atoms with Crippen molar-refractivity contribution in [2.24, 2.45) is 0 Å². The lowest BCUT2D eigenvalue weighted by atomic mass is 10.1. The number of hydrogen-bond acceptors (Lipinski definition) is 5. The number of carbonyl (C=O) groups is 1. The van der Waals surface area contributed by atoms with E-state index < -0.39 is 0 Å². The Morgan fingerprint density at radius 1 is 1.00 bits per heavy atom. The molecule has 0 aliphatic heterocycles. The Morgan fingerprint density at radius 2 is 1.80 bits per heavy atom. The van der Waals surface area contributed by atoms with Crippen LogP contribution in [0, 0.1) is 0 Å². The number of aromatic amines is 1. The number of nitrogens with zero attached hydrogens (tertiary/aromatic N) is 1. The quantitative estimate of drug-likeness (QED) is 0.173. The second kappa shape index (κ2) is 13.5. The zero-order valence-corrected chi connectivity index (χ0v) is 24.2. The first-order chi connectivity index (χ1) is 19.5. The number of carbonyl (C=O) groups excluding carboxylic acids is 1. The number of aromatic hydroxyl groups is 1. The number of thiazole rings is 1. The van der Waals surface area contributed by atoms with Crippen LogP contribution in [0.4, 0.5) is 0 Å². The van der Waals surface area contributed by atoms with Gasteiger partial charge in [0.05, 0.1) is 4.70 Å². The highest BCUT2D eigenvalue weighted by atomic mass is 35.5. The Balaban J connectivity index is 1.12. The predicted octanol–water partition coefficient (Wildman–Crippen LogP) is 5.88. The maximum atomic E-state index is 13.4. The molecule has 4 aromatic rings. The molecule has 3 N–H and O–H groups in total. The number of benzene rings is 3. The van der Waals surface area contributed by atoms with Gasteiger partial charge in [-0.3, -0.25) is 9.59 Å². The third-order valence-electron chi connectivity index (χ3n) is 7.77. The molecule has 210 valence electrons. The predicted molar refractivity (Wildman–Crippen MR) is 164 cm³/mol. The standard InChI is InChI=1S/C32H36ClN3O3S/c33-26-11-6-7-22(19-26)14-16-34-17-15-29(38)36(27-20-24-9-3-4-10-25(24)21-27)18-5-1-2-8-23-12-13-28(37)30-31(23)40-32(39)35-30/h3-4,6-7,9-13,19,27,34,37H,1-2,5,8,14-18,20-21H2,(H,35,39). The van der Waals surface area contributed by atoms with Crippen molar-refractivity contribution >= 4 is 39.1 Å². The van der Waals surface area contributed by atoms with Crippen molar-refractivity contribution in [2.45, 2.75) is 57.4 Å². The summed E-state index contributed by atoms with van der Waals surface area (Å²) in [5.74, 6) is 0.327. The zero-order chi connectivity index (χ0) is 27.9. The van der Waals surface area contributed by atoms with Gasteiger partial charge in [0.15, 0.2) is 0 Å². The highest BCUT2D eigenvalue weighted by Crippen LogP contribution is 2.29. The summed E-state index contributed by atoms with van der Waals surface area (Å²) in [5, 5.41) is 14.2. The lowest BCUT2D eigenvalue weighted by Crippen LogP contribution is -2.42. The van der Waals surface area contributed by atoms with Gasteiger partial charge in [0.25, 0.3) is 0 Å². The highest BCUT2D eigenvalue weighted by molar-refractivity contribution is 7.16. The Bertz CT molecular complexity index is 1490. The van der Waals surface area contributed by atoms with Crippen molar-refractivity contribution in [3.05, 3.63) is 97.6 Å². The number of aromatic nitrogens is 1. The molecule has 40 heavy (non-hydrogen) atoms. The molecule has 5 rings (SSSR count). The molecule has 0 bridgehead atoms. The molecule has 0 saturated carbocycles. The molecule has 0 fully saturated rings. The molecule has 3 aromatic carbocycles. The maximum Gasteiger partial charge on any atom is 0.305 e. The van der Waals surface area contributed by atoms with Gasteiger partial charge < -0.3 is 20.3 Å². The number of amides is 1. The molecule has 1 amide bonds. The summed E-state index contributed by atoms with van der Waals surface area (Å²) < 4.78 is 0.841. The van der Waals surface area contributed by atoms with E-state index in [1.807, 2.05) is 24.3 Å². The molecule has 0 atom stereocenters. The lowest BCUT2D eigenvalue weighted by molar-refractivity contribution is -0.133. The van der Waals surface area contributed by atoms with E-state index in [4.69, 9.17) is 11.6 Å². The van der Waals surface area contributed by atoms with Crippen LogP contribution in [0.2, 0.25) is 5.02 Å². The smallest absolute Gasteiger partial charge is 0.305 e. The van der Waals surface area contributed by atoms with E-state index in [1.165, 1.54) is 16.7 Å². The van der Waals surface area contributed by atoms with E-state index in [9.17, 15) is 14.7 Å². The van der Waals surface area contributed by atoms with Crippen molar-refractivity contribution in [3.63, 3.8) is 0 Å². The number of nitrogens with one attached hydrogen (secondary N) is 2.